The number of benzene rings is 2. The number of halogens is 1. The van der Waals surface area contributed by atoms with Crippen molar-refractivity contribution in [3.05, 3.63) is 100 Å². The van der Waals surface area contributed by atoms with E-state index in [4.69, 9.17) is 21.6 Å². The van der Waals surface area contributed by atoms with Gasteiger partial charge in [-0.2, -0.15) is 0 Å². The third kappa shape index (κ3) is 4.86. The van der Waals surface area contributed by atoms with E-state index >= 15 is 0 Å². The van der Waals surface area contributed by atoms with Crippen molar-refractivity contribution in [2.45, 2.75) is 50.6 Å². The van der Waals surface area contributed by atoms with Crippen LogP contribution in [0.15, 0.2) is 83.2 Å². The molecule has 8 heteroatoms. The number of rotatable bonds is 7. The van der Waals surface area contributed by atoms with Crippen LogP contribution in [0.5, 0.6) is 0 Å². The van der Waals surface area contributed by atoms with E-state index < -0.39 is 11.0 Å². The summed E-state index contributed by atoms with van der Waals surface area (Å²) in [6, 6.07) is 13.9. The minimum absolute atomic E-state index is 0.0260. The number of aldehydes is 1. The Balaban J connectivity index is 1.29. The van der Waals surface area contributed by atoms with E-state index in [0.717, 1.165) is 65.1 Å². The number of nitrogens with one attached hydrogen (secondary N) is 2. The first-order valence-electron chi connectivity index (χ1n) is 13.6. The molecule has 7 nitrogen and oxygen atoms in total. The molecule has 1 amide bonds. The number of fused-ring (bicyclic) bond motifs is 2. The second-order valence-electron chi connectivity index (χ2n) is 10.9. The van der Waals surface area contributed by atoms with Crippen LogP contribution >= 0.6 is 11.6 Å². The van der Waals surface area contributed by atoms with Crippen LogP contribution in [0.1, 0.15) is 47.9 Å². The zero-order valence-corrected chi connectivity index (χ0v) is 22.9. The Hall–Kier alpha value is -4.10. The van der Waals surface area contributed by atoms with Gasteiger partial charge >= 0.3 is 0 Å². The maximum Gasteiger partial charge on any atom is 0.236 e. The number of amides is 1. The number of nitrogens with zero attached hydrogens (tertiary/aromatic N) is 3. The third-order valence-electron chi connectivity index (χ3n) is 8.13. The number of amidine groups is 1. The summed E-state index contributed by atoms with van der Waals surface area (Å²) >= 11 is 6.54. The van der Waals surface area contributed by atoms with E-state index in [1.165, 1.54) is 0 Å². The molecule has 3 aromatic rings. The summed E-state index contributed by atoms with van der Waals surface area (Å²) < 4.78 is 0. The molecule has 2 aromatic carbocycles. The van der Waals surface area contributed by atoms with E-state index in [1.54, 1.807) is 12.3 Å². The molecule has 1 aromatic heterocycles. The van der Waals surface area contributed by atoms with Crippen LogP contribution in [-0.2, 0) is 29.0 Å². The first kappa shape index (κ1) is 26.1. The van der Waals surface area contributed by atoms with Gasteiger partial charge in [0.25, 0.3) is 0 Å². The highest BCUT2D eigenvalue weighted by molar-refractivity contribution is 6.34. The number of carbonyl (C=O) groups excluding carboxylic acids is 2. The maximum absolute atomic E-state index is 12.9. The largest absolute Gasteiger partial charge is 0.358 e. The molecule has 40 heavy (non-hydrogen) atoms. The Bertz CT molecular complexity index is 1620. The topological polar surface area (TPSA) is 95.8 Å². The highest BCUT2D eigenvalue weighted by atomic mass is 35.5. The number of aliphatic imine (C=N–C) groups is 2. The summed E-state index contributed by atoms with van der Waals surface area (Å²) in [5, 5.41) is 7.92. The SMILES string of the molecule is C=CC=NC1=C[C@@]2(Cc3cc4cc(CN=C(NC5(C=O)CCCC5)c5ccccc5Cl)cnc4cc3C2)C(=O)N1. The summed E-state index contributed by atoms with van der Waals surface area (Å²) in [5.74, 6) is 1.16. The van der Waals surface area contributed by atoms with E-state index in [0.29, 0.717) is 36.1 Å². The minimum atomic E-state index is -0.620. The van der Waals surface area contributed by atoms with Gasteiger partial charge in [-0.05, 0) is 78.8 Å². The lowest BCUT2D eigenvalue weighted by Gasteiger charge is -2.26. The summed E-state index contributed by atoms with van der Waals surface area (Å²) in [6.07, 6.45) is 12.8. The van der Waals surface area contributed by atoms with Crippen LogP contribution in [0.2, 0.25) is 5.02 Å². The van der Waals surface area contributed by atoms with Gasteiger partial charge in [-0.15, -0.1) is 0 Å². The molecular weight excluding hydrogens is 522 g/mol. The molecule has 1 spiro atoms. The van der Waals surface area contributed by atoms with E-state index in [-0.39, 0.29) is 5.91 Å². The van der Waals surface area contributed by atoms with Gasteiger partial charge in [-0.3, -0.25) is 14.8 Å². The molecule has 0 saturated heterocycles. The molecule has 1 fully saturated rings. The quantitative estimate of drug-likeness (QED) is 0.238. The number of aromatic nitrogens is 1. The van der Waals surface area contributed by atoms with E-state index in [9.17, 15) is 9.59 Å². The second-order valence-corrected chi connectivity index (χ2v) is 11.3. The van der Waals surface area contributed by atoms with Gasteiger partial charge in [0.2, 0.25) is 5.91 Å². The van der Waals surface area contributed by atoms with Gasteiger partial charge in [-0.1, -0.05) is 49.2 Å². The highest BCUT2D eigenvalue weighted by Crippen LogP contribution is 2.43. The average Bonchev–Trinajstić information content (AvgIpc) is 3.65. The van der Waals surface area contributed by atoms with Gasteiger partial charge in [0.05, 0.1) is 28.0 Å². The molecule has 0 unspecified atom stereocenters. The van der Waals surface area contributed by atoms with Gasteiger partial charge in [0, 0.05) is 23.4 Å². The van der Waals surface area contributed by atoms with Crippen molar-refractivity contribution >= 4 is 46.7 Å². The molecule has 0 bridgehead atoms. The van der Waals surface area contributed by atoms with Crippen LogP contribution in [0.25, 0.3) is 10.9 Å². The van der Waals surface area contributed by atoms with Crippen molar-refractivity contribution < 1.29 is 9.59 Å². The minimum Gasteiger partial charge on any atom is -0.358 e. The predicted molar refractivity (Wildman–Crippen MR) is 159 cm³/mol. The lowest BCUT2D eigenvalue weighted by molar-refractivity contribution is -0.126. The van der Waals surface area contributed by atoms with E-state index in [2.05, 4.69) is 40.4 Å². The number of hydrogen-bond donors (Lipinski definition) is 2. The Labute approximate surface area is 238 Å². The zero-order chi connectivity index (χ0) is 27.7. The Morgan fingerprint density at radius 1 is 1.15 bits per heavy atom. The molecule has 3 aliphatic rings. The molecule has 1 saturated carbocycles. The Morgan fingerprint density at radius 3 is 2.67 bits per heavy atom. The van der Waals surface area contributed by atoms with Crippen LogP contribution in [-0.4, -0.2) is 34.8 Å². The molecular formula is C32H30ClN5O2. The first-order valence-corrected chi connectivity index (χ1v) is 13.9. The van der Waals surface area contributed by atoms with Gasteiger partial charge in [-0.25, -0.2) is 4.99 Å². The fraction of sp³-hybridized carbons (Fsp3) is 0.281. The monoisotopic (exact) mass is 551 g/mol. The molecule has 202 valence electrons. The maximum atomic E-state index is 12.9. The number of carbonyl (C=O) groups is 2. The summed E-state index contributed by atoms with van der Waals surface area (Å²) in [4.78, 5) is 38.9. The van der Waals surface area contributed by atoms with Crippen molar-refractivity contribution in [3.63, 3.8) is 0 Å². The fourth-order valence-electron chi connectivity index (χ4n) is 6.07. The molecule has 1 aliphatic heterocycles. The summed E-state index contributed by atoms with van der Waals surface area (Å²) in [7, 11) is 0. The van der Waals surface area contributed by atoms with Crippen molar-refractivity contribution in [2.24, 2.45) is 15.4 Å². The zero-order valence-electron chi connectivity index (χ0n) is 22.1. The Kier molecular flexibility index (Phi) is 6.84. The first-order chi connectivity index (χ1) is 19.4. The Morgan fingerprint density at radius 2 is 1.93 bits per heavy atom. The van der Waals surface area contributed by atoms with Crippen molar-refractivity contribution in [1.29, 1.82) is 0 Å². The van der Waals surface area contributed by atoms with Crippen molar-refractivity contribution in [3.8, 4) is 0 Å². The van der Waals surface area contributed by atoms with Crippen LogP contribution in [0.3, 0.4) is 0 Å². The lowest BCUT2D eigenvalue weighted by Crippen LogP contribution is -2.48. The van der Waals surface area contributed by atoms with E-state index in [1.807, 2.05) is 36.5 Å². The highest BCUT2D eigenvalue weighted by Gasteiger charge is 2.46. The smallest absolute Gasteiger partial charge is 0.236 e. The number of pyridine rings is 1. The standard InChI is InChI=1S/C32H30ClN5O2/c1-2-11-34-28-17-31(30(40)37-28)15-23-13-22-12-21(18-35-27(22)14-24(23)16-31)19-36-29(25-7-3-4-8-26(25)33)38-32(20-39)9-5-6-10-32/h2-4,7-8,11-14,17-18,20H,1,5-6,9-10,15-16,19H2,(H,36,38)(H,37,40)/t31-/m0/s1. The van der Waals surface area contributed by atoms with Crippen LogP contribution in [0, 0.1) is 5.41 Å². The van der Waals surface area contributed by atoms with Gasteiger partial charge in [0.15, 0.2) is 0 Å². The average molecular weight is 552 g/mol. The summed E-state index contributed by atoms with van der Waals surface area (Å²) in [6.45, 7) is 4.02. The van der Waals surface area contributed by atoms with Gasteiger partial charge < -0.3 is 15.4 Å². The predicted octanol–water partition coefficient (Wildman–Crippen LogP) is 5.25. The third-order valence-corrected chi connectivity index (χ3v) is 8.46. The van der Waals surface area contributed by atoms with Crippen LogP contribution in [0.4, 0.5) is 0 Å². The molecule has 1 atom stereocenters. The molecule has 6 rings (SSSR count). The lowest BCUT2D eigenvalue weighted by atomic mass is 9.85. The van der Waals surface area contributed by atoms with Gasteiger partial charge in [0.1, 0.15) is 17.9 Å². The van der Waals surface area contributed by atoms with Crippen molar-refractivity contribution in [2.75, 3.05) is 0 Å². The molecule has 2 heterocycles. The number of allylic oxidation sites excluding steroid dienone is 1. The second kappa shape index (κ2) is 10.5. The summed E-state index contributed by atoms with van der Waals surface area (Å²) in [5.41, 5.74) is 3.63. The van der Waals surface area contributed by atoms with Crippen LogP contribution < -0.4 is 10.6 Å². The molecule has 0 radical (unpaired) electrons. The fourth-order valence-corrected chi connectivity index (χ4v) is 6.29. The normalized spacial score (nSPS) is 21.6. The molecule has 2 N–H and O–H groups in total. The van der Waals surface area contributed by atoms with Crippen molar-refractivity contribution in [1.82, 2.24) is 15.6 Å². The number of hydrogen-bond acceptors (Lipinski definition) is 5. The molecule has 2 aliphatic carbocycles.